The molecule has 9 heteroatoms. The number of rotatable bonds is 3. The molecule has 1 aliphatic heterocycles. The molecule has 0 aromatic carbocycles. The van der Waals surface area contributed by atoms with Crippen molar-refractivity contribution in [3.8, 4) is 0 Å². The summed E-state index contributed by atoms with van der Waals surface area (Å²) >= 11 is 0. The average molecular weight is 366 g/mol. The molecule has 8 nitrogen and oxygen atoms in total. The van der Waals surface area contributed by atoms with E-state index >= 15 is 0 Å². The summed E-state index contributed by atoms with van der Waals surface area (Å²) in [5.41, 5.74) is 2.73. The van der Waals surface area contributed by atoms with Crippen molar-refractivity contribution in [1.82, 2.24) is 35.4 Å². The molecule has 0 saturated carbocycles. The lowest BCUT2D eigenvalue weighted by atomic mass is 9.93. The van der Waals surface area contributed by atoms with Gasteiger partial charge in [-0.2, -0.15) is 5.10 Å². The predicted molar refractivity (Wildman–Crippen MR) is 94.8 cm³/mol. The van der Waals surface area contributed by atoms with Crippen LogP contribution in [0.4, 0.5) is 0 Å². The summed E-state index contributed by atoms with van der Waals surface area (Å²) in [5, 5.41) is 19.0. The maximum Gasteiger partial charge on any atom is 0.273 e. The lowest BCUT2D eigenvalue weighted by Crippen LogP contribution is -2.31. The Morgan fingerprint density at radius 3 is 2.92 bits per heavy atom. The minimum Gasteiger partial charge on any atom is -0.344 e. The second kappa shape index (κ2) is 7.53. The summed E-state index contributed by atoms with van der Waals surface area (Å²) in [6, 6.07) is 0.346. The number of hydrogen-bond acceptors (Lipinski definition) is 5. The summed E-state index contributed by atoms with van der Waals surface area (Å²) in [4.78, 5) is 12.6. The van der Waals surface area contributed by atoms with E-state index in [0.717, 1.165) is 50.8 Å². The van der Waals surface area contributed by atoms with Crippen LogP contribution >= 0.6 is 12.4 Å². The van der Waals surface area contributed by atoms with Crippen LogP contribution in [-0.2, 0) is 13.5 Å². The van der Waals surface area contributed by atoms with Crippen molar-refractivity contribution in [3.63, 3.8) is 0 Å². The standard InChI is InChI=1S/C16H23N7O.ClH/c1-22-15-4-2-3-13(12(15)9-18-22)19-16(24)14-10-23(21-20-14)11-5-7-17-8-6-11;/h9-11,13,17H,2-8H2,1H3,(H,19,24);1H. The summed E-state index contributed by atoms with van der Waals surface area (Å²) in [7, 11) is 1.95. The Bertz CT molecular complexity index is 735. The van der Waals surface area contributed by atoms with Gasteiger partial charge < -0.3 is 10.6 Å². The minimum absolute atomic E-state index is 0. The number of hydrogen-bond donors (Lipinski definition) is 2. The smallest absolute Gasteiger partial charge is 0.273 e. The Labute approximate surface area is 152 Å². The van der Waals surface area contributed by atoms with Gasteiger partial charge in [-0.15, -0.1) is 17.5 Å². The molecule has 0 bridgehead atoms. The van der Waals surface area contributed by atoms with Crippen molar-refractivity contribution in [2.24, 2.45) is 7.05 Å². The fraction of sp³-hybridized carbons (Fsp3) is 0.625. The number of amides is 1. The van der Waals surface area contributed by atoms with Gasteiger partial charge in [0, 0.05) is 18.3 Å². The van der Waals surface area contributed by atoms with E-state index in [4.69, 9.17) is 0 Å². The highest BCUT2D eigenvalue weighted by atomic mass is 35.5. The average Bonchev–Trinajstić information content (AvgIpc) is 3.24. The number of nitrogens with zero attached hydrogens (tertiary/aromatic N) is 5. The molecule has 136 valence electrons. The third-order valence-electron chi connectivity index (χ3n) is 5.11. The number of aryl methyl sites for hydroxylation is 1. The van der Waals surface area contributed by atoms with E-state index in [9.17, 15) is 4.79 Å². The van der Waals surface area contributed by atoms with E-state index in [-0.39, 0.29) is 24.4 Å². The van der Waals surface area contributed by atoms with Gasteiger partial charge in [0.2, 0.25) is 0 Å². The molecule has 3 heterocycles. The first-order chi connectivity index (χ1) is 11.7. The molecule has 2 N–H and O–H groups in total. The topological polar surface area (TPSA) is 89.7 Å². The SMILES string of the molecule is Cl.Cn1ncc2c1CCCC2NC(=O)c1cn(C2CCNCC2)nn1. The van der Waals surface area contributed by atoms with Gasteiger partial charge in [0.05, 0.1) is 24.5 Å². The van der Waals surface area contributed by atoms with E-state index in [1.807, 2.05) is 22.6 Å². The van der Waals surface area contributed by atoms with E-state index in [1.54, 1.807) is 6.20 Å². The lowest BCUT2D eigenvalue weighted by molar-refractivity contribution is 0.0927. The molecular weight excluding hydrogens is 342 g/mol. The monoisotopic (exact) mass is 365 g/mol. The second-order valence-electron chi connectivity index (χ2n) is 6.65. The molecular formula is C16H24ClN7O. The summed E-state index contributed by atoms with van der Waals surface area (Å²) in [6.07, 6.45) is 8.69. The number of fused-ring (bicyclic) bond motifs is 1. The molecule has 1 unspecified atom stereocenters. The number of carbonyl (C=O) groups excluding carboxylic acids is 1. The van der Waals surface area contributed by atoms with Crippen molar-refractivity contribution < 1.29 is 4.79 Å². The molecule has 1 saturated heterocycles. The van der Waals surface area contributed by atoms with Crippen LogP contribution in [0.15, 0.2) is 12.4 Å². The largest absolute Gasteiger partial charge is 0.344 e. The Kier molecular flexibility index (Phi) is 5.39. The van der Waals surface area contributed by atoms with E-state index in [1.165, 1.54) is 5.69 Å². The highest BCUT2D eigenvalue weighted by Crippen LogP contribution is 2.29. The zero-order valence-corrected chi connectivity index (χ0v) is 15.1. The molecule has 1 atom stereocenters. The first-order valence-electron chi connectivity index (χ1n) is 8.66. The van der Waals surface area contributed by atoms with Crippen molar-refractivity contribution >= 4 is 18.3 Å². The molecule has 2 aromatic rings. The van der Waals surface area contributed by atoms with Gasteiger partial charge in [0.25, 0.3) is 5.91 Å². The number of aromatic nitrogens is 5. The molecule has 1 fully saturated rings. The molecule has 4 rings (SSSR count). The molecule has 0 radical (unpaired) electrons. The van der Waals surface area contributed by atoms with Gasteiger partial charge in [-0.05, 0) is 45.2 Å². The van der Waals surface area contributed by atoms with Gasteiger partial charge >= 0.3 is 0 Å². The quantitative estimate of drug-likeness (QED) is 0.852. The number of nitrogens with one attached hydrogen (secondary N) is 2. The van der Waals surface area contributed by atoms with Crippen LogP contribution in [0.2, 0.25) is 0 Å². The minimum atomic E-state index is -0.156. The maximum atomic E-state index is 12.6. The summed E-state index contributed by atoms with van der Waals surface area (Å²) in [6.45, 7) is 1.97. The zero-order valence-electron chi connectivity index (χ0n) is 14.3. The Morgan fingerprint density at radius 1 is 1.32 bits per heavy atom. The third-order valence-corrected chi connectivity index (χ3v) is 5.11. The second-order valence-corrected chi connectivity index (χ2v) is 6.65. The number of carbonyl (C=O) groups is 1. The van der Waals surface area contributed by atoms with Crippen LogP contribution in [0.1, 0.15) is 59.5 Å². The summed E-state index contributed by atoms with van der Waals surface area (Å²) < 4.78 is 3.74. The van der Waals surface area contributed by atoms with Crippen LogP contribution in [0.5, 0.6) is 0 Å². The fourth-order valence-electron chi connectivity index (χ4n) is 3.72. The zero-order chi connectivity index (χ0) is 16.5. The van der Waals surface area contributed by atoms with Gasteiger partial charge in [0.15, 0.2) is 5.69 Å². The van der Waals surface area contributed by atoms with E-state index in [2.05, 4.69) is 26.0 Å². The molecule has 1 aliphatic carbocycles. The highest BCUT2D eigenvalue weighted by Gasteiger charge is 2.26. The Morgan fingerprint density at radius 2 is 2.12 bits per heavy atom. The van der Waals surface area contributed by atoms with Crippen LogP contribution < -0.4 is 10.6 Å². The molecule has 0 spiro atoms. The first-order valence-corrected chi connectivity index (χ1v) is 8.66. The van der Waals surface area contributed by atoms with Crippen LogP contribution in [0, 0.1) is 0 Å². The predicted octanol–water partition coefficient (Wildman–Crippen LogP) is 1.17. The van der Waals surface area contributed by atoms with Gasteiger partial charge in [0.1, 0.15) is 0 Å². The number of piperidine rings is 1. The van der Waals surface area contributed by atoms with E-state index in [0.29, 0.717) is 11.7 Å². The third kappa shape index (κ3) is 3.55. The Hall–Kier alpha value is -1.93. The molecule has 2 aromatic heterocycles. The maximum absolute atomic E-state index is 12.6. The molecule has 25 heavy (non-hydrogen) atoms. The normalized spacial score (nSPS) is 20.6. The Balaban J connectivity index is 0.00000182. The van der Waals surface area contributed by atoms with Gasteiger partial charge in [-0.3, -0.25) is 9.48 Å². The van der Waals surface area contributed by atoms with Crippen molar-refractivity contribution in [2.75, 3.05) is 13.1 Å². The summed E-state index contributed by atoms with van der Waals surface area (Å²) in [5.74, 6) is -0.156. The van der Waals surface area contributed by atoms with Gasteiger partial charge in [-0.25, -0.2) is 4.68 Å². The highest BCUT2D eigenvalue weighted by molar-refractivity contribution is 5.92. The first kappa shape index (κ1) is 17.9. The van der Waals surface area contributed by atoms with Crippen molar-refractivity contribution in [2.45, 2.75) is 44.2 Å². The molecule has 1 amide bonds. The van der Waals surface area contributed by atoms with Crippen molar-refractivity contribution in [1.29, 1.82) is 0 Å². The van der Waals surface area contributed by atoms with Crippen LogP contribution in [-0.4, -0.2) is 43.8 Å². The van der Waals surface area contributed by atoms with Gasteiger partial charge in [-0.1, -0.05) is 5.21 Å². The fourth-order valence-corrected chi connectivity index (χ4v) is 3.72. The van der Waals surface area contributed by atoms with E-state index < -0.39 is 0 Å². The van der Waals surface area contributed by atoms with Crippen LogP contribution in [0.3, 0.4) is 0 Å². The number of halogens is 1. The van der Waals surface area contributed by atoms with Crippen LogP contribution in [0.25, 0.3) is 0 Å². The van der Waals surface area contributed by atoms with Crippen molar-refractivity contribution in [3.05, 3.63) is 29.3 Å². The molecule has 2 aliphatic rings. The lowest BCUT2D eigenvalue weighted by Gasteiger charge is -2.23.